The second-order valence-electron chi connectivity index (χ2n) is 26.2. The number of halogens is 4. The Labute approximate surface area is 733 Å². The highest BCUT2D eigenvalue weighted by Gasteiger charge is 2.34. The van der Waals surface area contributed by atoms with Gasteiger partial charge in [-0.3, -0.25) is 19.2 Å². The fourth-order valence-electron chi connectivity index (χ4n) is 12.5. The molecule has 4 aliphatic rings. The van der Waals surface area contributed by atoms with Crippen molar-refractivity contribution in [1.82, 2.24) is 78.7 Å². The van der Waals surface area contributed by atoms with Crippen LogP contribution in [0.5, 0.6) is 23.0 Å². The van der Waals surface area contributed by atoms with E-state index >= 15 is 4.39 Å². The Morgan fingerprint density at radius 2 is 0.860 bits per heavy atom. The zero-order chi connectivity index (χ0) is 113. The summed E-state index contributed by atoms with van der Waals surface area (Å²) >= 11 is 0. The molecule has 32 nitrogen and oxygen atoms in total. The number of ether oxygens (including phenoxy) is 4. The Hall–Kier alpha value is -15.7. The molecule has 4 aliphatic heterocycles. The van der Waals surface area contributed by atoms with Crippen LogP contribution in [0.25, 0.3) is 63.9 Å². The number of nitrogens with zero attached hydrogens (tertiary/aromatic N) is 20. The highest BCUT2D eigenvalue weighted by atomic mass is 19.1. The van der Waals surface area contributed by atoms with Crippen molar-refractivity contribution in [1.29, 1.82) is 0 Å². The Morgan fingerprint density at radius 1 is 0.455 bits per heavy atom. The molecule has 4 atom stereocenters. The van der Waals surface area contributed by atoms with Gasteiger partial charge in [0.1, 0.15) is 70.4 Å². The number of anilines is 4. The topological polar surface area (TPSA) is 363 Å². The predicted octanol–water partition coefficient (Wildman–Crippen LogP) is 14.2. The number of fused-ring (bicyclic) bond motifs is 20. The van der Waals surface area contributed by atoms with Crippen molar-refractivity contribution < 1.29 is 96.8 Å². The Kier molecular flexibility index (Phi) is 14.6. The molecule has 121 heavy (non-hydrogen) atoms. The number of carbonyl (C=O) groups is 4. The minimum Gasteiger partial charge on any atom is -0.482 e. The molecule has 16 rings (SSSR count). The van der Waals surface area contributed by atoms with Crippen LogP contribution < -0.4 is 41.9 Å². The van der Waals surface area contributed by atoms with Crippen LogP contribution >= 0.6 is 0 Å². The zero-order valence-corrected chi connectivity index (χ0v) is 64.2. The maximum atomic E-state index is 15.1. The maximum absolute atomic E-state index is 15.1. The summed E-state index contributed by atoms with van der Waals surface area (Å²) in [5, 5.41) is 16.6. The van der Waals surface area contributed by atoms with Crippen LogP contribution in [0, 0.1) is 56.5 Å². The summed E-state index contributed by atoms with van der Waals surface area (Å²) in [5.74, 6) is -14.3. The van der Waals surface area contributed by atoms with E-state index in [2.05, 4.69) is 59.7 Å². The number of nitrogens with two attached hydrogens (primary N) is 4. The summed E-state index contributed by atoms with van der Waals surface area (Å²) in [6.45, 7) is 16.7. The van der Waals surface area contributed by atoms with E-state index in [4.69, 9.17) is 109 Å². The lowest BCUT2D eigenvalue weighted by Crippen LogP contribution is -2.29. The third kappa shape index (κ3) is 16.2. The number of hydrogen-bond acceptors (Lipinski definition) is 20. The smallest absolute Gasteiger partial charge is 0.260 e. The molecule has 4 amide bonds. The average Bonchev–Trinajstić information content (AvgIpc) is 1.68. The van der Waals surface area contributed by atoms with Gasteiger partial charge in [-0.25, -0.2) is 56.2 Å². The molecule has 8 N–H and O–H groups in total. The summed E-state index contributed by atoms with van der Waals surface area (Å²) < 4.78 is 335. The minimum atomic E-state index is -3.62. The number of benzene rings is 4. The monoisotopic (exact) mass is 1670 g/mol. The van der Waals surface area contributed by atoms with Gasteiger partial charge in [-0.2, -0.15) is 0 Å². The number of carbonyl (C=O) groups excluding carboxylic acids is 4. The van der Waals surface area contributed by atoms with Gasteiger partial charge in [0.25, 0.3) is 46.9 Å². The lowest BCUT2D eigenvalue weighted by molar-refractivity contribution is 0.0771. The van der Waals surface area contributed by atoms with Crippen LogP contribution in [0.4, 0.5) is 64.1 Å². The fraction of sp³-hybridized carbons (Fsp3) is 0.247. The summed E-state index contributed by atoms with van der Waals surface area (Å²) in [6, 6.07) is -5.62. The normalized spacial score (nSPS) is 21.5. The van der Waals surface area contributed by atoms with Crippen molar-refractivity contribution in [2.45, 2.75) is 85.0 Å². The number of aromatic nitrogens is 12. The number of pyridine rings is 4. The van der Waals surface area contributed by atoms with Gasteiger partial charge in [-0.1, -0.05) is 26.3 Å². The average molecular weight is 1670 g/mol. The number of aryl methyl sites for hydroxylation is 4. The molecular formula is C85H78F4N24O8. The third-order valence-corrected chi connectivity index (χ3v) is 18.2. The van der Waals surface area contributed by atoms with E-state index in [9.17, 15) is 32.3 Å². The van der Waals surface area contributed by atoms with Crippen LogP contribution in [0.3, 0.4) is 0 Å². The molecular weight excluding hydrogens is 1560 g/mol. The van der Waals surface area contributed by atoms with E-state index in [0.29, 0.717) is 15.9 Å². The van der Waals surface area contributed by atoms with Gasteiger partial charge in [0.05, 0.1) is 79.0 Å². The van der Waals surface area contributed by atoms with E-state index in [-0.39, 0.29) is 114 Å². The van der Waals surface area contributed by atoms with Crippen LogP contribution in [0.15, 0.2) is 115 Å². The molecule has 12 heterocycles. The number of hydrogen-bond donors (Lipinski definition) is 4. The third-order valence-electron chi connectivity index (χ3n) is 18.2. The van der Waals surface area contributed by atoms with Gasteiger partial charge in [0.2, 0.25) is 0 Å². The van der Waals surface area contributed by atoms with Crippen molar-refractivity contribution in [3.05, 3.63) is 257 Å². The van der Waals surface area contributed by atoms with Gasteiger partial charge < -0.3 is 80.9 Å². The first-order valence-corrected chi connectivity index (χ1v) is 34.7. The maximum Gasteiger partial charge on any atom is 0.260 e. The van der Waals surface area contributed by atoms with Crippen molar-refractivity contribution in [2.24, 2.45) is 28.2 Å². The van der Waals surface area contributed by atoms with E-state index in [1.165, 1.54) is 70.7 Å². The van der Waals surface area contributed by atoms with Gasteiger partial charge in [0.15, 0.2) is 46.3 Å². The Morgan fingerprint density at radius 3 is 1.32 bits per heavy atom. The number of nitrogen functional groups attached to an aromatic ring is 4. The lowest BCUT2D eigenvalue weighted by Gasteiger charge is -2.24. The van der Waals surface area contributed by atoms with Crippen LogP contribution in [0.1, 0.15) is 185 Å². The first kappa shape index (κ1) is 52.8. The quantitative estimate of drug-likeness (QED) is 0.0809. The SMILES string of the molecule is [2H]C([2H])([2H])N1Cc2nn(C)c([N+]#[C-])c2-c2cnc(N)c(c2)O[C@@]([2H])(C([2H])([2H])[2H])c2cc(F)ccc2C1=O.[2H]c1nc(N)c2c([2H])c1-c1c(nn(C)c1[N+]#[C-])C([2H])([2H])N(C([2H])([2H])[2H])C(=O)c1c([2H])c(C)c(F)c([2H])c1[C@@]([2H])(C)O2.[2H]c1nc(N)c2c([2H])c1-c1c(nn(C)c1[N+]#[C-])CN(C([2H])([2H])[2H])C(=O)c1c([2H])c([2H])c(F)c([2H])c1[C@@H](C)O2.[2H]c1nc(N)c2c([2H])c1-c1c(nn(C)c1[N+]#[C-])CN(C)C(=O)c1c([2H])c([2H])c(F)c([2H])c1[C@@H](C)O2. The van der Waals surface area contributed by atoms with E-state index in [0.717, 1.165) is 40.2 Å². The highest BCUT2D eigenvalue weighted by Crippen LogP contribution is 2.45. The van der Waals surface area contributed by atoms with Crippen molar-refractivity contribution in [2.75, 3.05) is 50.9 Å². The number of amides is 4. The summed E-state index contributed by atoms with van der Waals surface area (Å²) in [6.07, 6.45) is -9.06. The molecule has 0 saturated heterocycles. The number of rotatable bonds is 0. The van der Waals surface area contributed by atoms with Gasteiger partial charge >= 0.3 is 0 Å². The molecule has 8 aromatic heterocycles. The van der Waals surface area contributed by atoms with E-state index in [1.54, 1.807) is 0 Å². The largest absolute Gasteiger partial charge is 0.482 e. The summed E-state index contributed by atoms with van der Waals surface area (Å²) in [7, 11) is 6.91. The highest BCUT2D eigenvalue weighted by molar-refractivity contribution is 5.99. The fourth-order valence-corrected chi connectivity index (χ4v) is 12.5. The molecule has 0 fully saturated rings. The standard InChI is InChI=1S/C22H21FN6O2.3C21H19FN6O2/c1-11-6-15-14(8-16(11)23)12(2)31-18-7-13(9-26-20(18)24)19-17(10-28(4)22(15)30)27-29(5)21(19)25-3;3*1-11-15-8-13(22)5-6-14(15)21(29)27(3)10-16-18(20(24-2)28(4)26-16)12-7-17(30-11)19(23)25-9-12/h6-9,12H,10H2,1-2,4-5H3,(H2,24,26);3*5-9,11H,10H2,1,3-4H3,(H2,23,25)/t12-;3*11-/m1110/s1/i4D3,6D,7D,8D,9D,10D2,12D;3D3,5D,6D,7D,8D,9D;5D,6D,7D,8D,9D;1D3,3D3,11D. The molecule has 0 radical (unpaired) electrons. The van der Waals surface area contributed by atoms with Crippen LogP contribution in [-0.2, 0) is 54.3 Å². The lowest BCUT2D eigenvalue weighted by atomic mass is 9.98. The van der Waals surface area contributed by atoms with E-state index < -0.39 is 288 Å². The predicted molar refractivity (Wildman–Crippen MR) is 438 cm³/mol. The molecule has 614 valence electrons. The molecule has 0 saturated carbocycles. The van der Waals surface area contributed by atoms with Crippen LogP contribution in [0.2, 0.25) is 0 Å². The van der Waals surface area contributed by atoms with Gasteiger partial charge in [0, 0.05) is 136 Å². The molecule has 12 aromatic rings. The Balaban J connectivity index is 0.000000168. The van der Waals surface area contributed by atoms with Crippen molar-refractivity contribution in [3.8, 4) is 67.5 Å². The molecule has 0 spiro atoms. The van der Waals surface area contributed by atoms with Crippen molar-refractivity contribution >= 4 is 70.2 Å². The minimum absolute atomic E-state index is 0.00369. The molecule has 4 aromatic carbocycles. The first-order chi connectivity index (χ1) is 69.8. The van der Waals surface area contributed by atoms with Crippen LogP contribution in [-0.4, -0.2) is 130 Å². The van der Waals surface area contributed by atoms with Crippen molar-refractivity contribution in [3.63, 3.8) is 0 Å². The Bertz CT molecular complexity index is 8030. The first-order valence-electron chi connectivity index (χ1n) is 49.7. The van der Waals surface area contributed by atoms with E-state index in [1.807, 2.05) is 0 Å². The summed E-state index contributed by atoms with van der Waals surface area (Å²) in [4.78, 5) is 85.8. The molecule has 0 unspecified atom stereocenters. The molecule has 36 heteroatoms. The summed E-state index contributed by atoms with van der Waals surface area (Å²) in [5.41, 5.74) is 15.7. The zero-order valence-electron chi connectivity index (χ0n) is 94.2. The second kappa shape index (κ2) is 33.5. The molecule has 8 bridgehead atoms. The van der Waals surface area contributed by atoms with Gasteiger partial charge in [-0.05, 0) is 153 Å². The molecule has 0 aliphatic carbocycles. The second-order valence-corrected chi connectivity index (χ2v) is 26.2. The van der Waals surface area contributed by atoms with Gasteiger partial charge in [-0.15, -0.1) is 20.4 Å².